The van der Waals surface area contributed by atoms with E-state index in [0.717, 1.165) is 21.9 Å². The molecule has 0 saturated carbocycles. The van der Waals surface area contributed by atoms with Gasteiger partial charge in [0.1, 0.15) is 12.4 Å². The first-order chi connectivity index (χ1) is 10.7. The zero-order valence-electron chi connectivity index (χ0n) is 11.6. The fourth-order valence-electron chi connectivity index (χ4n) is 1.96. The smallest absolute Gasteiger partial charge is 0.300 e. The molecule has 0 fully saturated rings. The molecule has 2 aromatic rings. The Balaban J connectivity index is 1.75. The molecule has 1 aliphatic rings. The quantitative estimate of drug-likeness (QED) is 0.802. The summed E-state index contributed by atoms with van der Waals surface area (Å²) in [4.78, 5) is 5.37. The van der Waals surface area contributed by atoms with E-state index < -0.39 is 0 Å². The summed E-state index contributed by atoms with van der Waals surface area (Å²) in [6.07, 6.45) is 0. The van der Waals surface area contributed by atoms with E-state index in [4.69, 9.17) is 32.7 Å². The summed E-state index contributed by atoms with van der Waals surface area (Å²) in [6, 6.07) is 11.3. The number of aliphatic imine (C=N–C) groups is 1. The average molecular weight is 355 g/mol. The van der Waals surface area contributed by atoms with Crippen molar-refractivity contribution in [2.75, 3.05) is 7.11 Å². The lowest BCUT2D eigenvalue weighted by atomic mass is 10.2. The fourth-order valence-corrected chi connectivity index (χ4v) is 3.10. The topological polar surface area (TPSA) is 42.9 Å². The molecule has 22 heavy (non-hydrogen) atoms. The minimum atomic E-state index is 0.305. The molecule has 7 heteroatoms. The summed E-state index contributed by atoms with van der Waals surface area (Å²) in [5.41, 5.74) is 1.67. The summed E-state index contributed by atoms with van der Waals surface area (Å²) in [5, 5.41) is 1.31. The van der Waals surface area contributed by atoms with Crippen LogP contribution in [0, 0.1) is 0 Å². The van der Waals surface area contributed by atoms with Crippen LogP contribution in [0.3, 0.4) is 0 Å². The van der Waals surface area contributed by atoms with Gasteiger partial charge in [-0.15, -0.1) is 0 Å². The van der Waals surface area contributed by atoms with E-state index in [9.17, 15) is 0 Å². The predicted octanol–water partition coefficient (Wildman–Crippen LogP) is 4.82. The van der Waals surface area contributed by atoms with Gasteiger partial charge in [0.2, 0.25) is 0 Å². The maximum atomic E-state index is 6.00. The lowest BCUT2D eigenvalue weighted by Gasteiger charge is -2.17. The standard InChI is InChI=1S/C15H12Cl2N2O2S/c1-20-13-5-3-10(16)6-9(13)8-21-15-18-12-4-2-11(17)7-14(12)22-19-15/h2-7H,8H2,1H3,(H,18,19). The van der Waals surface area contributed by atoms with Crippen LogP contribution in [-0.4, -0.2) is 13.1 Å². The van der Waals surface area contributed by atoms with Crippen molar-refractivity contribution < 1.29 is 9.47 Å². The van der Waals surface area contributed by atoms with Crippen molar-refractivity contribution in [3.05, 3.63) is 52.0 Å². The van der Waals surface area contributed by atoms with Crippen molar-refractivity contribution in [3.63, 3.8) is 0 Å². The third-order valence-corrected chi connectivity index (χ3v) is 4.29. The Bertz CT molecular complexity index is 737. The number of nitrogens with one attached hydrogen (secondary N) is 1. The molecule has 0 bridgehead atoms. The summed E-state index contributed by atoms with van der Waals surface area (Å²) in [5.74, 6) is 0.723. The summed E-state index contributed by atoms with van der Waals surface area (Å²) in [6.45, 7) is 0.305. The number of halogens is 2. The van der Waals surface area contributed by atoms with Crippen molar-refractivity contribution in [2.24, 2.45) is 4.99 Å². The molecule has 0 aliphatic carbocycles. The Labute approximate surface area is 142 Å². The number of hydrogen-bond donors (Lipinski definition) is 1. The van der Waals surface area contributed by atoms with E-state index >= 15 is 0 Å². The minimum absolute atomic E-state index is 0.305. The van der Waals surface area contributed by atoms with E-state index in [1.54, 1.807) is 19.2 Å². The van der Waals surface area contributed by atoms with Crippen LogP contribution in [-0.2, 0) is 11.3 Å². The number of methoxy groups -OCH3 is 1. The maximum Gasteiger partial charge on any atom is 0.300 e. The van der Waals surface area contributed by atoms with Crippen LogP contribution in [0.5, 0.6) is 5.75 Å². The molecule has 114 valence electrons. The Morgan fingerprint density at radius 2 is 1.91 bits per heavy atom. The summed E-state index contributed by atoms with van der Waals surface area (Å²) in [7, 11) is 1.61. The molecular formula is C15H12Cl2N2O2S. The molecule has 4 nitrogen and oxygen atoms in total. The number of rotatable bonds is 3. The van der Waals surface area contributed by atoms with Crippen LogP contribution in [0.2, 0.25) is 10.0 Å². The molecule has 0 atom stereocenters. The second-order valence-corrected chi connectivity index (χ2v) is 6.20. The monoisotopic (exact) mass is 354 g/mol. The van der Waals surface area contributed by atoms with Gasteiger partial charge in [0.25, 0.3) is 0 Å². The SMILES string of the molecule is COc1ccc(Cl)cc1COC1=Nc2ccc(Cl)cc2SN1. The Hall–Kier alpha value is -1.56. The van der Waals surface area contributed by atoms with Gasteiger partial charge in [0, 0.05) is 15.6 Å². The molecule has 0 amide bonds. The van der Waals surface area contributed by atoms with Gasteiger partial charge >= 0.3 is 6.02 Å². The van der Waals surface area contributed by atoms with E-state index in [1.807, 2.05) is 24.3 Å². The highest BCUT2D eigenvalue weighted by molar-refractivity contribution is 7.98. The molecule has 3 rings (SSSR count). The lowest BCUT2D eigenvalue weighted by molar-refractivity contribution is 0.276. The number of benzene rings is 2. The van der Waals surface area contributed by atoms with Gasteiger partial charge in [0.15, 0.2) is 0 Å². The predicted molar refractivity (Wildman–Crippen MR) is 90.3 cm³/mol. The van der Waals surface area contributed by atoms with Gasteiger partial charge in [-0.2, -0.15) is 4.99 Å². The highest BCUT2D eigenvalue weighted by Crippen LogP contribution is 2.34. The van der Waals surface area contributed by atoms with E-state index in [2.05, 4.69) is 9.71 Å². The highest BCUT2D eigenvalue weighted by Gasteiger charge is 2.14. The highest BCUT2D eigenvalue weighted by atomic mass is 35.5. The van der Waals surface area contributed by atoms with Gasteiger partial charge in [-0.25, -0.2) is 0 Å². The van der Waals surface area contributed by atoms with Gasteiger partial charge < -0.3 is 9.47 Å². The van der Waals surface area contributed by atoms with Crippen LogP contribution >= 0.6 is 35.1 Å². The first-order valence-electron chi connectivity index (χ1n) is 6.42. The zero-order chi connectivity index (χ0) is 15.5. The first kappa shape index (κ1) is 15.3. The Morgan fingerprint density at radius 3 is 2.73 bits per heavy atom. The minimum Gasteiger partial charge on any atom is -0.496 e. The van der Waals surface area contributed by atoms with Crippen LogP contribution in [0.1, 0.15) is 5.56 Å². The van der Waals surface area contributed by atoms with Crippen molar-refractivity contribution in [1.29, 1.82) is 0 Å². The largest absolute Gasteiger partial charge is 0.496 e. The molecule has 0 saturated heterocycles. The van der Waals surface area contributed by atoms with Gasteiger partial charge in [0.05, 0.1) is 17.7 Å². The van der Waals surface area contributed by atoms with E-state index in [-0.39, 0.29) is 0 Å². The third-order valence-electron chi connectivity index (χ3n) is 3.00. The van der Waals surface area contributed by atoms with Gasteiger partial charge in [-0.05, 0) is 48.3 Å². The van der Waals surface area contributed by atoms with Gasteiger partial charge in [-0.3, -0.25) is 4.72 Å². The second kappa shape index (κ2) is 6.69. The molecule has 0 aromatic heterocycles. The Morgan fingerprint density at radius 1 is 1.14 bits per heavy atom. The molecule has 0 radical (unpaired) electrons. The summed E-state index contributed by atoms with van der Waals surface area (Å²) >= 11 is 13.4. The molecule has 1 aliphatic heterocycles. The number of hydrogen-bond acceptors (Lipinski definition) is 5. The molecule has 2 aromatic carbocycles. The van der Waals surface area contributed by atoms with Crippen LogP contribution in [0.25, 0.3) is 0 Å². The number of ether oxygens (including phenoxy) is 2. The number of nitrogens with zero attached hydrogens (tertiary/aromatic N) is 1. The average Bonchev–Trinajstić information content (AvgIpc) is 2.53. The molecular weight excluding hydrogens is 343 g/mol. The van der Waals surface area contributed by atoms with Crippen molar-refractivity contribution in [3.8, 4) is 5.75 Å². The van der Waals surface area contributed by atoms with Crippen LogP contribution < -0.4 is 9.46 Å². The van der Waals surface area contributed by atoms with Crippen molar-refractivity contribution in [1.82, 2.24) is 4.72 Å². The fraction of sp³-hybridized carbons (Fsp3) is 0.133. The maximum absolute atomic E-state index is 6.00. The van der Waals surface area contributed by atoms with Crippen LogP contribution in [0.15, 0.2) is 46.3 Å². The second-order valence-electron chi connectivity index (χ2n) is 4.48. The number of fused-ring (bicyclic) bond motifs is 1. The molecule has 1 heterocycles. The zero-order valence-corrected chi connectivity index (χ0v) is 13.9. The normalized spacial score (nSPS) is 13.0. The number of amidine groups is 1. The Kier molecular flexibility index (Phi) is 4.66. The third kappa shape index (κ3) is 3.43. The van der Waals surface area contributed by atoms with E-state index in [0.29, 0.717) is 22.7 Å². The van der Waals surface area contributed by atoms with Crippen molar-refractivity contribution >= 4 is 46.9 Å². The molecule has 1 N–H and O–H groups in total. The van der Waals surface area contributed by atoms with Gasteiger partial charge in [-0.1, -0.05) is 23.2 Å². The lowest BCUT2D eigenvalue weighted by Crippen LogP contribution is -2.21. The first-order valence-corrected chi connectivity index (χ1v) is 7.99. The van der Waals surface area contributed by atoms with Crippen molar-refractivity contribution in [2.45, 2.75) is 11.5 Å². The van der Waals surface area contributed by atoms with Crippen LogP contribution in [0.4, 0.5) is 5.69 Å². The summed E-state index contributed by atoms with van der Waals surface area (Å²) < 4.78 is 14.0. The molecule has 0 unspecified atom stereocenters. The van der Waals surface area contributed by atoms with E-state index in [1.165, 1.54) is 11.9 Å². The molecule has 0 spiro atoms.